The van der Waals surface area contributed by atoms with E-state index in [4.69, 9.17) is 80.5 Å². The first kappa shape index (κ1) is 100. The predicted octanol–water partition coefficient (Wildman–Crippen LogP) is -13.2. The highest BCUT2D eigenvalue weighted by Crippen LogP contribution is 2.47. The lowest BCUT2D eigenvalue weighted by Gasteiger charge is -2.49. The van der Waals surface area contributed by atoms with E-state index in [0.29, 0.717) is 0 Å². The number of benzene rings is 2. The van der Waals surface area contributed by atoms with Gasteiger partial charge in [0.2, 0.25) is 5.91 Å². The van der Waals surface area contributed by atoms with Gasteiger partial charge in [0.15, 0.2) is 50.3 Å². The quantitative estimate of drug-likeness (QED) is 0.0295. The number of aliphatic hydroxyl groups is 25. The standard InChI is InChI=1S/C78H118N2O46/c1-24-45(90)62(39(18-85)112-68(24)80-43(89)13-34(69(106)107)79-78(109)111-22-32-30-11-7-5-9-28(30)29-10-6-8-12-31(29)32)121-71-25(2)46(91)61(40(19-86)117-71)120-70(108)44-49(94)33(23-110-76-66(57(102)53(98)37(16-83)115-76)125-72-26(3)47(92)63(41(20-87)118-72)122-74-59(104)55(100)51(96)35(14-81)113-74)50(95)65(44)124-77-67(58(103)54(99)38(17-84)116-77)126-73-27(4)48(93)64(42(21-88)119-73)123-75-60(105)56(101)52(97)36(15-82)114-75/h5-12,24-27,32-42,44-68,70-77,81-88,90-105,108H,13-23H2,1-4H3,(H,79,109)(H,80,89)(H,106,107)/t24-,25-,26?,27?,33?,34?,35?,36?,37?,38+,39?,40?,41-,42?,44+,45?,46?,47?,48+,49?,50+,51-,52-,53+,54+,55?,56?,57?,58?,59-,60-,61+,62+,63+,64+,65?,66+,67?,68+,70-,71-,72-,73-,74-,75-,76-,77+/m0/s1. The number of fused-ring (bicyclic) bond motifs is 3. The molecule has 0 radical (unpaired) electrons. The minimum atomic E-state index is -2.60. The van der Waals surface area contributed by atoms with Gasteiger partial charge in [0, 0.05) is 35.5 Å². The number of hydrogen-bond acceptors (Lipinski definition) is 45. The number of amides is 2. The van der Waals surface area contributed by atoms with Crippen LogP contribution in [0.15, 0.2) is 48.5 Å². The first-order valence-corrected chi connectivity index (χ1v) is 41.5. The van der Waals surface area contributed by atoms with Crippen molar-refractivity contribution in [3.8, 4) is 11.1 Å². The van der Waals surface area contributed by atoms with Gasteiger partial charge in [0.25, 0.3) is 0 Å². The van der Waals surface area contributed by atoms with Crippen LogP contribution in [0.25, 0.3) is 11.1 Å². The van der Waals surface area contributed by atoms with Gasteiger partial charge in [-0.25, -0.2) is 9.59 Å². The average Bonchev–Trinajstić information content (AvgIpc) is 0.887. The van der Waals surface area contributed by atoms with Gasteiger partial charge < -0.3 is 224 Å². The Morgan fingerprint density at radius 2 is 0.722 bits per heavy atom. The van der Waals surface area contributed by atoms with Crippen molar-refractivity contribution in [2.24, 2.45) is 35.5 Å². The molecule has 8 aliphatic heterocycles. The smallest absolute Gasteiger partial charge is 0.407 e. The molecule has 126 heavy (non-hydrogen) atoms. The Labute approximate surface area is 718 Å². The SMILES string of the molecule is CC1C(O)[C@H](O[C@@H]2OC(CO)[C@H](O)C(O)[C@@H]2O)[C@H](CO)O[C@H]1O[C@@H]1C(O)[C@H](O)C(CO)O[C@@H]1OCC1C(O)[C@@H]([C@@H](O)O[C@@H]2C(CO)O[C@@H](O[C@@H]3C(CO)O[C@@H](NC(=O)CC(NC(=O)OCC4c5ccccc5-c5ccccc54)C(=O)O)[C@@H](C)C3O)[C@@H](C)C2O)C(O[C@H]2O[C@H](CO)[C@@H](O)C(O)C2O[C@@H]2OC(CO)[C@@H](O[C@@H]3OC(CO)[C@H](O)C(O)[C@@H]3O)[C@H](O)C2C)[C@@H]1O. The number of carbonyl (C=O) groups excluding carboxylic acids is 2. The maximum atomic E-state index is 13.6. The Morgan fingerprint density at radius 3 is 1.17 bits per heavy atom. The molecule has 716 valence electrons. The van der Waals surface area contributed by atoms with Gasteiger partial charge in [-0.15, -0.1) is 0 Å². The molecular weight excluding hydrogens is 1700 g/mol. The second kappa shape index (κ2) is 43.4. The molecule has 1 saturated carbocycles. The van der Waals surface area contributed by atoms with E-state index in [9.17, 15) is 147 Å². The van der Waals surface area contributed by atoms with Crippen LogP contribution in [0.1, 0.15) is 51.2 Å². The van der Waals surface area contributed by atoms with E-state index in [-0.39, 0.29) is 12.5 Å². The molecule has 48 nitrogen and oxygen atoms in total. The highest BCUT2D eigenvalue weighted by atomic mass is 16.8. The Morgan fingerprint density at radius 1 is 0.365 bits per heavy atom. The van der Waals surface area contributed by atoms with Crippen LogP contribution in [-0.2, 0) is 90.1 Å². The average molecular weight is 1820 g/mol. The van der Waals surface area contributed by atoms with Gasteiger partial charge in [0.05, 0.1) is 115 Å². The zero-order valence-corrected chi connectivity index (χ0v) is 68.4. The van der Waals surface area contributed by atoms with Crippen molar-refractivity contribution in [1.82, 2.24) is 10.6 Å². The summed E-state index contributed by atoms with van der Waals surface area (Å²) in [6, 6.07) is 13.1. The molecule has 12 rings (SSSR count). The predicted molar refractivity (Wildman–Crippen MR) is 404 cm³/mol. The molecule has 2 aromatic rings. The number of carboxylic acid groups (broad SMARTS) is 1. The van der Waals surface area contributed by atoms with Gasteiger partial charge in [-0.05, 0) is 22.3 Å². The summed E-state index contributed by atoms with van der Waals surface area (Å²) in [5, 5.41) is 294. The van der Waals surface area contributed by atoms with Gasteiger partial charge in [-0.3, -0.25) is 4.79 Å². The van der Waals surface area contributed by atoms with Gasteiger partial charge in [-0.2, -0.15) is 0 Å². The fraction of sp³-hybridized carbons (Fsp3) is 0.808. The molecule has 10 aliphatic rings. The second-order valence-electron chi connectivity index (χ2n) is 33.4. The summed E-state index contributed by atoms with van der Waals surface area (Å²) in [5.74, 6) is -12.3. The number of aliphatic carboxylic acids is 1. The summed E-state index contributed by atoms with van der Waals surface area (Å²) < 4.78 is 101. The molecule has 8 heterocycles. The molecule has 2 aromatic carbocycles. The lowest BCUT2D eigenvalue weighted by molar-refractivity contribution is -0.385. The van der Waals surface area contributed by atoms with E-state index in [1.807, 2.05) is 48.5 Å². The number of rotatable bonds is 33. The van der Waals surface area contributed by atoms with Crippen LogP contribution in [0.2, 0.25) is 0 Å². The lowest BCUT2D eigenvalue weighted by Crippen LogP contribution is -2.65. The Kier molecular flexibility index (Phi) is 34.4. The Hall–Kier alpha value is -4.99. The molecule has 9 fully saturated rings. The highest BCUT2D eigenvalue weighted by Gasteiger charge is 2.62. The van der Waals surface area contributed by atoms with E-state index < -0.39 is 371 Å². The van der Waals surface area contributed by atoms with Gasteiger partial charge in [0.1, 0.15) is 165 Å². The normalized spacial score (nSPS) is 45.6. The van der Waals surface area contributed by atoms with Crippen LogP contribution in [0.5, 0.6) is 0 Å². The third kappa shape index (κ3) is 20.7. The molecule has 0 aromatic heterocycles. The topological polar surface area (TPSA) is 758 Å². The Balaban J connectivity index is 0.759. The maximum Gasteiger partial charge on any atom is 0.407 e. The van der Waals surface area contributed by atoms with E-state index in [0.717, 1.165) is 22.3 Å². The second-order valence-corrected chi connectivity index (χ2v) is 33.4. The van der Waals surface area contributed by atoms with Crippen molar-refractivity contribution >= 4 is 18.0 Å². The van der Waals surface area contributed by atoms with Crippen molar-refractivity contribution in [2.45, 2.75) is 292 Å². The summed E-state index contributed by atoms with van der Waals surface area (Å²) >= 11 is 0. The van der Waals surface area contributed by atoms with E-state index in [2.05, 4.69) is 10.6 Å². The molecule has 48 heteroatoms. The monoisotopic (exact) mass is 1820 g/mol. The molecule has 47 atom stereocenters. The molecule has 0 bridgehead atoms. The lowest BCUT2D eigenvalue weighted by atomic mass is 9.89. The molecule has 0 spiro atoms. The Bertz CT molecular complexity index is 3740. The fourth-order valence-corrected chi connectivity index (χ4v) is 17.8. The van der Waals surface area contributed by atoms with Crippen LogP contribution >= 0.6 is 0 Å². The van der Waals surface area contributed by atoms with Crippen molar-refractivity contribution in [2.75, 3.05) is 66.1 Å². The fourth-order valence-electron chi connectivity index (χ4n) is 17.8. The summed E-state index contributed by atoms with van der Waals surface area (Å²) in [6.45, 7) is -3.91. The molecule has 8 saturated heterocycles. The minimum absolute atomic E-state index is 0.186. The number of alkyl carbamates (subject to hydrolysis) is 1. The van der Waals surface area contributed by atoms with Crippen LogP contribution in [0.4, 0.5) is 4.79 Å². The van der Waals surface area contributed by atoms with Crippen LogP contribution < -0.4 is 10.6 Å². The van der Waals surface area contributed by atoms with Crippen LogP contribution in [0, 0.1) is 35.5 Å². The number of ether oxygens (including phenoxy) is 17. The molecule has 2 aliphatic carbocycles. The molecule has 20 unspecified atom stereocenters. The number of nitrogens with one attached hydrogen (secondary N) is 2. The summed E-state index contributed by atoms with van der Waals surface area (Å²) in [6.07, 6.45) is -77.9. The number of hydrogen-bond donors (Lipinski definition) is 28. The highest BCUT2D eigenvalue weighted by molar-refractivity contribution is 5.87. The van der Waals surface area contributed by atoms with Crippen molar-refractivity contribution in [3.63, 3.8) is 0 Å². The first-order chi connectivity index (χ1) is 60.0. The zero-order chi connectivity index (χ0) is 91.6. The summed E-state index contributed by atoms with van der Waals surface area (Å²) in [4.78, 5) is 39.3. The third-order valence-electron chi connectivity index (χ3n) is 25.5. The number of carboxylic acids is 1. The van der Waals surface area contributed by atoms with Crippen molar-refractivity contribution in [1.29, 1.82) is 0 Å². The third-order valence-corrected chi connectivity index (χ3v) is 25.5. The largest absolute Gasteiger partial charge is 0.480 e. The number of aliphatic hydroxyl groups excluding tert-OH is 25. The first-order valence-electron chi connectivity index (χ1n) is 41.5. The van der Waals surface area contributed by atoms with E-state index in [1.165, 1.54) is 27.7 Å². The van der Waals surface area contributed by atoms with Gasteiger partial charge >= 0.3 is 12.1 Å². The van der Waals surface area contributed by atoms with Gasteiger partial charge in [-0.1, -0.05) is 76.2 Å². The van der Waals surface area contributed by atoms with E-state index >= 15 is 0 Å². The number of carbonyl (C=O) groups is 3. The van der Waals surface area contributed by atoms with Crippen LogP contribution in [-0.4, -0.2) is 469 Å². The van der Waals surface area contributed by atoms with Crippen molar-refractivity contribution < 1.29 is 228 Å². The van der Waals surface area contributed by atoms with E-state index in [1.54, 1.807) is 0 Å². The molecular formula is C78H118N2O46. The minimum Gasteiger partial charge on any atom is -0.480 e. The maximum absolute atomic E-state index is 13.6. The molecule has 28 N–H and O–H groups in total. The zero-order valence-electron chi connectivity index (χ0n) is 68.4. The van der Waals surface area contributed by atoms with Crippen LogP contribution in [0.3, 0.4) is 0 Å². The summed E-state index contributed by atoms with van der Waals surface area (Å²) in [7, 11) is 0. The summed E-state index contributed by atoms with van der Waals surface area (Å²) in [5.41, 5.74) is 3.62. The molecule has 2 amide bonds. The van der Waals surface area contributed by atoms with Crippen molar-refractivity contribution in [3.05, 3.63) is 59.7 Å².